The van der Waals surface area contributed by atoms with E-state index in [4.69, 9.17) is 4.74 Å². The van der Waals surface area contributed by atoms with Crippen molar-refractivity contribution in [3.63, 3.8) is 0 Å². The Morgan fingerprint density at radius 1 is 1.20 bits per heavy atom. The lowest BCUT2D eigenvalue weighted by molar-refractivity contribution is -0.0511. The molecule has 4 N–H and O–H groups in total. The second-order valence-electron chi connectivity index (χ2n) is 7.35. The molecule has 1 fully saturated rings. The van der Waals surface area contributed by atoms with Gasteiger partial charge < -0.3 is 30.1 Å². The Kier molecular flexibility index (Phi) is 5.81. The highest BCUT2D eigenvalue weighted by atomic mass is 127. The van der Waals surface area contributed by atoms with E-state index in [1.807, 2.05) is 24.8 Å². The van der Waals surface area contributed by atoms with E-state index in [2.05, 4.69) is 37.5 Å². The van der Waals surface area contributed by atoms with Crippen LogP contribution in [0.5, 0.6) is 5.75 Å². The van der Waals surface area contributed by atoms with Crippen molar-refractivity contribution in [2.24, 2.45) is 0 Å². The van der Waals surface area contributed by atoms with Gasteiger partial charge in [-0.05, 0) is 54.6 Å². The van der Waals surface area contributed by atoms with Crippen LogP contribution in [0.15, 0.2) is 30.9 Å². The average molecular weight is 527 g/mol. The number of benzene rings is 1. The number of aromatic hydroxyl groups is 1. The van der Waals surface area contributed by atoms with Crippen LogP contribution in [0.2, 0.25) is 0 Å². The zero-order valence-corrected chi connectivity index (χ0v) is 18.4. The SMILES string of the molecule is CC(C)N(c1ccc(O)c(I)c1)c1ncnc2c1ncn2[C@@H]1O[C@H](CO)[C@@H](O)[C@H]1O. The summed E-state index contributed by atoms with van der Waals surface area (Å²) < 4.78 is 7.86. The first-order valence-electron chi connectivity index (χ1n) is 9.41. The average Bonchev–Trinajstić information content (AvgIpc) is 3.26. The maximum Gasteiger partial charge on any atom is 0.167 e. The van der Waals surface area contributed by atoms with E-state index in [-0.39, 0.29) is 11.8 Å². The number of phenols is 1. The molecular formula is C19H22IN5O5. The van der Waals surface area contributed by atoms with E-state index in [1.54, 1.807) is 12.1 Å². The number of halogens is 1. The molecule has 11 heteroatoms. The lowest BCUT2D eigenvalue weighted by Gasteiger charge is -2.28. The monoisotopic (exact) mass is 527 g/mol. The van der Waals surface area contributed by atoms with Crippen LogP contribution in [0.1, 0.15) is 20.1 Å². The van der Waals surface area contributed by atoms with Gasteiger partial charge in [0.1, 0.15) is 30.4 Å². The van der Waals surface area contributed by atoms with Crippen LogP contribution in [0.4, 0.5) is 11.5 Å². The van der Waals surface area contributed by atoms with Crippen LogP contribution in [0.3, 0.4) is 0 Å². The second-order valence-corrected chi connectivity index (χ2v) is 8.51. The van der Waals surface area contributed by atoms with Gasteiger partial charge in [-0.15, -0.1) is 0 Å². The highest BCUT2D eigenvalue weighted by Gasteiger charge is 2.44. The maximum atomic E-state index is 10.4. The third-order valence-electron chi connectivity index (χ3n) is 5.08. The number of aromatic nitrogens is 4. The van der Waals surface area contributed by atoms with Crippen LogP contribution in [-0.4, -0.2) is 70.9 Å². The van der Waals surface area contributed by atoms with Gasteiger partial charge in [-0.3, -0.25) is 4.57 Å². The van der Waals surface area contributed by atoms with E-state index in [9.17, 15) is 20.4 Å². The summed E-state index contributed by atoms with van der Waals surface area (Å²) in [7, 11) is 0. The van der Waals surface area contributed by atoms with Gasteiger partial charge in [0.2, 0.25) is 0 Å². The predicted octanol–water partition coefficient (Wildman–Crippen LogP) is 1.29. The summed E-state index contributed by atoms with van der Waals surface area (Å²) in [5, 5.41) is 39.7. The first-order valence-corrected chi connectivity index (χ1v) is 10.5. The molecule has 0 saturated carbocycles. The summed E-state index contributed by atoms with van der Waals surface area (Å²) in [6, 6.07) is 5.30. The van der Waals surface area contributed by atoms with Crippen molar-refractivity contribution in [2.45, 2.75) is 44.4 Å². The molecule has 2 aromatic heterocycles. The van der Waals surface area contributed by atoms with Crippen molar-refractivity contribution in [2.75, 3.05) is 11.5 Å². The minimum Gasteiger partial charge on any atom is -0.507 e. The highest BCUT2D eigenvalue weighted by Crippen LogP contribution is 2.36. The Hall–Kier alpha value is -2.06. The minimum absolute atomic E-state index is 0.0162. The summed E-state index contributed by atoms with van der Waals surface area (Å²) in [6.07, 6.45) is -1.41. The predicted molar refractivity (Wildman–Crippen MR) is 116 cm³/mol. The van der Waals surface area contributed by atoms with E-state index >= 15 is 0 Å². The number of rotatable bonds is 5. The lowest BCUT2D eigenvalue weighted by atomic mass is 10.1. The van der Waals surface area contributed by atoms with E-state index in [0.717, 1.165) is 5.69 Å². The van der Waals surface area contributed by atoms with Crippen molar-refractivity contribution in [1.82, 2.24) is 19.5 Å². The first-order chi connectivity index (χ1) is 14.3. The molecule has 0 aliphatic carbocycles. The van der Waals surface area contributed by atoms with Gasteiger partial charge in [0.15, 0.2) is 23.2 Å². The zero-order chi connectivity index (χ0) is 21.6. The number of hydrogen-bond donors (Lipinski definition) is 4. The molecule has 1 aliphatic rings. The van der Waals surface area contributed by atoms with Gasteiger partial charge in [-0.2, -0.15) is 0 Å². The molecule has 0 spiro atoms. The minimum atomic E-state index is -1.24. The Morgan fingerprint density at radius 3 is 2.60 bits per heavy atom. The fourth-order valence-electron chi connectivity index (χ4n) is 3.62. The number of hydrogen-bond acceptors (Lipinski definition) is 9. The number of ether oxygens (including phenoxy) is 1. The van der Waals surface area contributed by atoms with Gasteiger partial charge in [-0.1, -0.05) is 0 Å². The molecule has 0 unspecified atom stereocenters. The molecule has 3 aromatic rings. The van der Waals surface area contributed by atoms with Crippen LogP contribution in [0, 0.1) is 3.57 Å². The molecule has 4 rings (SSSR count). The molecule has 0 radical (unpaired) electrons. The van der Waals surface area contributed by atoms with Crippen LogP contribution in [-0.2, 0) is 4.74 Å². The number of anilines is 2. The maximum absolute atomic E-state index is 10.4. The number of imidazole rings is 1. The molecule has 160 valence electrons. The zero-order valence-electron chi connectivity index (χ0n) is 16.3. The number of fused-ring (bicyclic) bond motifs is 1. The van der Waals surface area contributed by atoms with Gasteiger partial charge in [0.05, 0.1) is 16.5 Å². The summed E-state index contributed by atoms with van der Waals surface area (Å²) in [5.41, 5.74) is 1.75. The molecular weight excluding hydrogens is 505 g/mol. The van der Waals surface area contributed by atoms with Crippen molar-refractivity contribution in [3.8, 4) is 5.75 Å². The topological polar surface area (TPSA) is 137 Å². The lowest BCUT2D eigenvalue weighted by Crippen LogP contribution is -2.33. The molecule has 1 aliphatic heterocycles. The van der Waals surface area contributed by atoms with Crippen molar-refractivity contribution < 1.29 is 25.2 Å². The van der Waals surface area contributed by atoms with Crippen molar-refractivity contribution in [3.05, 3.63) is 34.4 Å². The largest absolute Gasteiger partial charge is 0.507 e. The van der Waals surface area contributed by atoms with Crippen LogP contribution in [0.25, 0.3) is 11.2 Å². The highest BCUT2D eigenvalue weighted by molar-refractivity contribution is 14.1. The molecule has 4 atom stereocenters. The van der Waals surface area contributed by atoms with Gasteiger partial charge in [-0.25, -0.2) is 15.0 Å². The van der Waals surface area contributed by atoms with E-state index in [1.165, 1.54) is 17.2 Å². The normalized spacial score (nSPS) is 24.1. The number of nitrogens with zero attached hydrogens (tertiary/aromatic N) is 5. The Labute approximate surface area is 185 Å². The quantitative estimate of drug-likeness (QED) is 0.362. The molecule has 0 bridgehead atoms. The Bertz CT molecular complexity index is 1060. The van der Waals surface area contributed by atoms with Crippen molar-refractivity contribution in [1.29, 1.82) is 0 Å². The van der Waals surface area contributed by atoms with Crippen LogP contribution < -0.4 is 4.90 Å². The second kappa shape index (κ2) is 8.23. The fraction of sp³-hybridized carbons (Fsp3) is 0.421. The van der Waals surface area contributed by atoms with Gasteiger partial charge in [0, 0.05) is 11.7 Å². The number of aliphatic hydroxyl groups is 3. The molecule has 1 aromatic carbocycles. The summed E-state index contributed by atoms with van der Waals surface area (Å²) >= 11 is 2.07. The van der Waals surface area contributed by atoms with E-state index in [0.29, 0.717) is 20.6 Å². The molecule has 0 amide bonds. The summed E-state index contributed by atoms with van der Waals surface area (Å²) in [4.78, 5) is 15.2. The van der Waals surface area contributed by atoms with Crippen LogP contribution >= 0.6 is 22.6 Å². The first kappa shape index (κ1) is 21.2. The Morgan fingerprint density at radius 2 is 1.97 bits per heavy atom. The number of aliphatic hydroxyl groups excluding tert-OH is 3. The smallest absolute Gasteiger partial charge is 0.167 e. The molecule has 10 nitrogen and oxygen atoms in total. The Balaban J connectivity index is 1.80. The fourth-order valence-corrected chi connectivity index (χ4v) is 4.12. The third-order valence-corrected chi connectivity index (χ3v) is 5.95. The molecule has 1 saturated heterocycles. The standard InChI is InChI=1S/C19H22IN5O5/c1-9(2)25(10-3-4-12(27)11(20)5-10)18-14-17(21-7-22-18)24(8-23-14)19-16(29)15(28)13(6-26)30-19/h3-5,7-9,13,15-16,19,26-29H,6H2,1-2H3/t13-,15-,16-,19-/m1/s1. The van der Waals surface area contributed by atoms with Gasteiger partial charge >= 0.3 is 0 Å². The van der Waals surface area contributed by atoms with Gasteiger partial charge in [0.25, 0.3) is 0 Å². The molecule has 3 heterocycles. The van der Waals surface area contributed by atoms with Crippen molar-refractivity contribution >= 4 is 45.3 Å². The summed E-state index contributed by atoms with van der Waals surface area (Å²) in [5.74, 6) is 0.756. The summed E-state index contributed by atoms with van der Waals surface area (Å²) in [6.45, 7) is 3.61. The third kappa shape index (κ3) is 3.50. The molecule has 30 heavy (non-hydrogen) atoms. The number of phenolic OH excluding ortho intramolecular Hbond substituents is 1. The van der Waals surface area contributed by atoms with E-state index < -0.39 is 31.1 Å².